The quantitative estimate of drug-likeness (QED) is 0.825. The summed E-state index contributed by atoms with van der Waals surface area (Å²) < 4.78 is 39.8. The Hall–Kier alpha value is -1.81. The van der Waals surface area contributed by atoms with Crippen LogP contribution in [0.15, 0.2) is 36.4 Å². The number of nitrogens with one attached hydrogen (secondary N) is 1. The molecular weight excluding hydrogens is 251 g/mol. The summed E-state index contributed by atoms with van der Waals surface area (Å²) in [6.07, 6.45) is 0. The topological polar surface area (TPSA) is 12.0 Å². The molecule has 0 spiro atoms. The lowest BCUT2D eigenvalue weighted by molar-refractivity contribution is 0.496. The smallest absolute Gasteiger partial charge is 0.161 e. The van der Waals surface area contributed by atoms with E-state index in [1.165, 1.54) is 0 Å². The fourth-order valence-corrected chi connectivity index (χ4v) is 1.89. The van der Waals surface area contributed by atoms with Crippen molar-refractivity contribution in [2.75, 3.05) is 7.05 Å². The molecule has 2 rings (SSSR count). The van der Waals surface area contributed by atoms with E-state index in [2.05, 4.69) is 5.32 Å². The van der Waals surface area contributed by atoms with Gasteiger partial charge in [-0.3, -0.25) is 0 Å². The predicted molar refractivity (Wildman–Crippen MR) is 69.2 cm³/mol. The molecule has 1 unspecified atom stereocenters. The Morgan fingerprint density at radius 2 is 1.63 bits per heavy atom. The van der Waals surface area contributed by atoms with Gasteiger partial charge >= 0.3 is 0 Å². The first-order valence-corrected chi connectivity index (χ1v) is 5.95. The van der Waals surface area contributed by atoms with Crippen molar-refractivity contribution in [2.24, 2.45) is 0 Å². The summed E-state index contributed by atoms with van der Waals surface area (Å²) in [6.45, 7) is 1.96. The van der Waals surface area contributed by atoms with E-state index < -0.39 is 17.5 Å². The van der Waals surface area contributed by atoms with Crippen molar-refractivity contribution >= 4 is 0 Å². The second kappa shape index (κ2) is 5.45. The van der Waals surface area contributed by atoms with Crippen LogP contribution in [0.4, 0.5) is 13.2 Å². The maximum atomic E-state index is 13.7. The number of hydrogen-bond donors (Lipinski definition) is 1. The van der Waals surface area contributed by atoms with Gasteiger partial charge in [0.1, 0.15) is 5.82 Å². The van der Waals surface area contributed by atoms with Crippen LogP contribution in [0.3, 0.4) is 0 Å². The van der Waals surface area contributed by atoms with Gasteiger partial charge in [0.05, 0.1) is 0 Å². The fraction of sp³-hybridized carbons (Fsp3) is 0.200. The minimum Gasteiger partial charge on any atom is -0.313 e. The molecule has 0 bridgehead atoms. The van der Waals surface area contributed by atoms with Gasteiger partial charge in [0.15, 0.2) is 11.6 Å². The molecule has 4 heteroatoms. The van der Waals surface area contributed by atoms with Crippen molar-refractivity contribution in [2.45, 2.75) is 13.0 Å². The van der Waals surface area contributed by atoms with Gasteiger partial charge in [-0.2, -0.15) is 0 Å². The number of rotatable bonds is 3. The molecule has 0 fully saturated rings. The zero-order chi connectivity index (χ0) is 14.0. The van der Waals surface area contributed by atoms with Gasteiger partial charge in [-0.25, -0.2) is 13.2 Å². The summed E-state index contributed by atoms with van der Waals surface area (Å²) in [4.78, 5) is 0. The lowest BCUT2D eigenvalue weighted by atomic mass is 9.99. The third-order valence-electron chi connectivity index (χ3n) is 3.14. The molecule has 0 saturated heterocycles. The molecule has 0 saturated carbocycles. The molecule has 1 atom stereocenters. The van der Waals surface area contributed by atoms with Crippen molar-refractivity contribution in [3.8, 4) is 11.1 Å². The molecule has 0 radical (unpaired) electrons. The number of halogens is 3. The molecule has 2 aromatic rings. The zero-order valence-electron chi connectivity index (χ0n) is 10.7. The third-order valence-corrected chi connectivity index (χ3v) is 3.14. The van der Waals surface area contributed by atoms with E-state index >= 15 is 0 Å². The Morgan fingerprint density at radius 3 is 2.32 bits per heavy atom. The molecule has 1 nitrogen and oxygen atoms in total. The molecule has 0 aliphatic heterocycles. The van der Waals surface area contributed by atoms with Crippen LogP contribution < -0.4 is 5.32 Å². The number of hydrogen-bond acceptors (Lipinski definition) is 1. The average molecular weight is 265 g/mol. The molecule has 0 heterocycles. The first-order chi connectivity index (χ1) is 9.02. The van der Waals surface area contributed by atoms with Gasteiger partial charge in [-0.15, -0.1) is 0 Å². The Kier molecular flexibility index (Phi) is 3.90. The van der Waals surface area contributed by atoms with Crippen molar-refractivity contribution in [1.82, 2.24) is 5.32 Å². The van der Waals surface area contributed by atoms with Gasteiger partial charge < -0.3 is 5.32 Å². The first-order valence-electron chi connectivity index (χ1n) is 5.95. The van der Waals surface area contributed by atoms with E-state index in [1.807, 2.05) is 20.0 Å². The van der Waals surface area contributed by atoms with Crippen LogP contribution >= 0.6 is 0 Å². The first kappa shape index (κ1) is 13.6. The SMILES string of the molecule is CNC(C)c1cccc(-c2cc(F)c(F)cc2F)c1. The van der Waals surface area contributed by atoms with Crippen LogP contribution in [-0.4, -0.2) is 7.05 Å². The zero-order valence-corrected chi connectivity index (χ0v) is 10.7. The predicted octanol–water partition coefficient (Wildman–Crippen LogP) is 4.05. The summed E-state index contributed by atoms with van der Waals surface area (Å²) in [7, 11) is 1.81. The normalized spacial score (nSPS) is 12.5. The molecule has 2 aromatic carbocycles. The average Bonchev–Trinajstić information content (AvgIpc) is 2.42. The molecule has 1 N–H and O–H groups in total. The minimum absolute atomic E-state index is 0.0593. The van der Waals surface area contributed by atoms with E-state index in [0.29, 0.717) is 11.6 Å². The van der Waals surface area contributed by atoms with Gasteiger partial charge in [-0.1, -0.05) is 18.2 Å². The van der Waals surface area contributed by atoms with Crippen LogP contribution in [-0.2, 0) is 0 Å². The maximum absolute atomic E-state index is 13.7. The number of benzene rings is 2. The Morgan fingerprint density at radius 1 is 0.947 bits per heavy atom. The minimum atomic E-state index is -1.18. The lowest BCUT2D eigenvalue weighted by Crippen LogP contribution is -2.12. The van der Waals surface area contributed by atoms with E-state index in [4.69, 9.17) is 0 Å². The van der Waals surface area contributed by atoms with E-state index in [9.17, 15) is 13.2 Å². The summed E-state index contributed by atoms with van der Waals surface area (Å²) in [5.41, 5.74) is 1.53. The fourth-order valence-electron chi connectivity index (χ4n) is 1.89. The van der Waals surface area contributed by atoms with E-state index in [-0.39, 0.29) is 11.6 Å². The summed E-state index contributed by atoms with van der Waals surface area (Å²) >= 11 is 0. The molecule has 19 heavy (non-hydrogen) atoms. The second-order valence-electron chi connectivity index (χ2n) is 4.38. The largest absolute Gasteiger partial charge is 0.313 e. The Balaban J connectivity index is 2.50. The molecule has 0 aromatic heterocycles. The van der Waals surface area contributed by atoms with Crippen molar-refractivity contribution in [3.63, 3.8) is 0 Å². The van der Waals surface area contributed by atoms with Gasteiger partial charge in [0.2, 0.25) is 0 Å². The van der Waals surface area contributed by atoms with E-state index in [0.717, 1.165) is 11.6 Å². The van der Waals surface area contributed by atoms with E-state index in [1.54, 1.807) is 18.2 Å². The highest BCUT2D eigenvalue weighted by Gasteiger charge is 2.12. The van der Waals surface area contributed by atoms with Crippen LogP contribution in [0.25, 0.3) is 11.1 Å². The van der Waals surface area contributed by atoms with Crippen molar-refractivity contribution in [3.05, 3.63) is 59.4 Å². The molecule has 0 amide bonds. The van der Waals surface area contributed by atoms with Crippen LogP contribution in [0.1, 0.15) is 18.5 Å². The second-order valence-corrected chi connectivity index (χ2v) is 4.38. The van der Waals surface area contributed by atoms with Gasteiger partial charge in [0.25, 0.3) is 0 Å². The highest BCUT2D eigenvalue weighted by atomic mass is 19.2. The highest BCUT2D eigenvalue weighted by molar-refractivity contribution is 5.65. The summed E-state index contributed by atoms with van der Waals surface area (Å²) in [5.74, 6) is -3.00. The molecule has 100 valence electrons. The van der Waals surface area contributed by atoms with Gasteiger partial charge in [0, 0.05) is 17.7 Å². The third kappa shape index (κ3) is 2.79. The van der Waals surface area contributed by atoms with Crippen LogP contribution in [0.2, 0.25) is 0 Å². The Labute approximate surface area is 110 Å². The van der Waals surface area contributed by atoms with Gasteiger partial charge in [-0.05, 0) is 37.2 Å². The monoisotopic (exact) mass is 265 g/mol. The highest BCUT2D eigenvalue weighted by Crippen LogP contribution is 2.27. The molecule has 0 aliphatic carbocycles. The van der Waals surface area contributed by atoms with Crippen LogP contribution in [0, 0.1) is 17.5 Å². The maximum Gasteiger partial charge on any atom is 0.161 e. The Bertz CT molecular complexity index is 596. The summed E-state index contributed by atoms with van der Waals surface area (Å²) in [5, 5.41) is 3.07. The molecular formula is C15H14F3N. The van der Waals surface area contributed by atoms with Crippen molar-refractivity contribution < 1.29 is 13.2 Å². The van der Waals surface area contributed by atoms with Crippen LogP contribution in [0.5, 0.6) is 0 Å². The standard InChI is InChI=1S/C15H14F3N/c1-9(19-2)10-4-3-5-11(6-10)12-7-14(17)15(18)8-13(12)16/h3-9,19H,1-2H3. The lowest BCUT2D eigenvalue weighted by Gasteiger charge is -2.12. The summed E-state index contributed by atoms with van der Waals surface area (Å²) in [6, 6.07) is 8.63. The van der Waals surface area contributed by atoms with Crippen molar-refractivity contribution in [1.29, 1.82) is 0 Å². The molecule has 0 aliphatic rings.